The van der Waals surface area contributed by atoms with Gasteiger partial charge < -0.3 is 9.13 Å². The number of para-hydroxylation sites is 2. The third-order valence-corrected chi connectivity index (χ3v) is 9.01. The summed E-state index contributed by atoms with van der Waals surface area (Å²) < 4.78 is 4.62. The molecular formula is C42H26N4. The van der Waals surface area contributed by atoms with Crippen LogP contribution in [-0.4, -0.2) is 14.1 Å². The quantitative estimate of drug-likeness (QED) is 0.206. The second-order valence-electron chi connectivity index (χ2n) is 11.6. The normalized spacial score (nSPS) is 11.5. The third kappa shape index (κ3) is 3.96. The van der Waals surface area contributed by atoms with Gasteiger partial charge in [-0.3, -0.25) is 4.98 Å². The Hall–Kier alpha value is -6.44. The van der Waals surface area contributed by atoms with Gasteiger partial charge in [-0.2, -0.15) is 5.26 Å². The molecule has 4 heteroatoms. The third-order valence-electron chi connectivity index (χ3n) is 9.01. The van der Waals surface area contributed by atoms with E-state index in [-0.39, 0.29) is 0 Å². The van der Waals surface area contributed by atoms with E-state index in [2.05, 4.69) is 137 Å². The fourth-order valence-electron chi connectivity index (χ4n) is 6.92. The molecule has 9 rings (SSSR count). The first-order chi connectivity index (χ1) is 22.8. The first-order valence-electron chi connectivity index (χ1n) is 15.4. The lowest BCUT2D eigenvalue weighted by atomic mass is 10.0. The van der Waals surface area contributed by atoms with E-state index in [0.29, 0.717) is 5.56 Å². The van der Waals surface area contributed by atoms with E-state index in [1.165, 1.54) is 32.9 Å². The van der Waals surface area contributed by atoms with Gasteiger partial charge in [0.15, 0.2) is 0 Å². The van der Waals surface area contributed by atoms with E-state index in [1.807, 2.05) is 36.5 Å². The lowest BCUT2D eigenvalue weighted by molar-refractivity contribution is 1.17. The minimum Gasteiger partial charge on any atom is -0.309 e. The van der Waals surface area contributed by atoms with Crippen LogP contribution in [0.2, 0.25) is 0 Å². The van der Waals surface area contributed by atoms with Crippen LogP contribution in [0.25, 0.3) is 77.4 Å². The van der Waals surface area contributed by atoms with Gasteiger partial charge >= 0.3 is 0 Å². The SMILES string of the molecule is N#Cc1ccc(-n2c3ccc(-c4ccc5c(c4)c4ccccc4n5-c4ccccc4-c4ccccc4)cc3c3ncccc32)cc1. The molecule has 6 aromatic carbocycles. The van der Waals surface area contributed by atoms with E-state index in [1.54, 1.807) is 0 Å². The maximum absolute atomic E-state index is 9.32. The van der Waals surface area contributed by atoms with Crippen molar-refractivity contribution in [1.82, 2.24) is 14.1 Å². The highest BCUT2D eigenvalue weighted by atomic mass is 15.0. The molecule has 0 bridgehead atoms. The van der Waals surface area contributed by atoms with Crippen molar-refractivity contribution < 1.29 is 0 Å². The molecule has 0 unspecified atom stereocenters. The summed E-state index contributed by atoms with van der Waals surface area (Å²) in [7, 11) is 0. The van der Waals surface area contributed by atoms with Gasteiger partial charge in [0.1, 0.15) is 0 Å². The van der Waals surface area contributed by atoms with Crippen molar-refractivity contribution in [2.45, 2.75) is 0 Å². The van der Waals surface area contributed by atoms with Crippen LogP contribution in [-0.2, 0) is 0 Å². The first-order valence-corrected chi connectivity index (χ1v) is 15.4. The van der Waals surface area contributed by atoms with E-state index < -0.39 is 0 Å². The number of nitriles is 1. The Labute approximate surface area is 265 Å². The summed E-state index contributed by atoms with van der Waals surface area (Å²) in [5.41, 5.74) is 12.9. The number of rotatable bonds is 4. The van der Waals surface area contributed by atoms with Gasteiger partial charge in [-0.15, -0.1) is 0 Å². The van der Waals surface area contributed by atoms with Gasteiger partial charge in [0.05, 0.1) is 44.9 Å². The number of hydrogen-bond donors (Lipinski definition) is 0. The molecule has 0 atom stereocenters. The van der Waals surface area contributed by atoms with Crippen molar-refractivity contribution >= 4 is 43.7 Å². The van der Waals surface area contributed by atoms with Crippen molar-refractivity contribution in [3.05, 3.63) is 163 Å². The minimum atomic E-state index is 0.644. The summed E-state index contributed by atoms with van der Waals surface area (Å²) in [6, 6.07) is 55.4. The maximum atomic E-state index is 9.32. The molecule has 4 nitrogen and oxygen atoms in total. The molecule has 0 fully saturated rings. The smallest absolute Gasteiger partial charge is 0.0991 e. The van der Waals surface area contributed by atoms with Crippen LogP contribution in [0.3, 0.4) is 0 Å². The predicted octanol–water partition coefficient (Wildman–Crippen LogP) is 10.5. The summed E-state index contributed by atoms with van der Waals surface area (Å²) in [5, 5.41) is 12.9. The van der Waals surface area contributed by atoms with Crippen molar-refractivity contribution in [2.24, 2.45) is 0 Å². The predicted molar refractivity (Wildman–Crippen MR) is 189 cm³/mol. The Kier molecular flexibility index (Phi) is 5.84. The standard InChI is InChI=1S/C42H26N4/c43-27-28-16-20-32(21-17-28)45-40-23-19-31(26-36(40)42-41(45)15-8-24-44-42)30-18-22-39-35(25-30)34-12-5-7-14-38(34)46(39)37-13-6-4-11-33(37)29-9-2-1-3-10-29/h1-26H. The van der Waals surface area contributed by atoms with Crippen molar-refractivity contribution in [1.29, 1.82) is 5.26 Å². The Morgan fingerprint density at radius 1 is 0.478 bits per heavy atom. The van der Waals surface area contributed by atoms with Crippen LogP contribution in [0.1, 0.15) is 5.56 Å². The summed E-state index contributed by atoms with van der Waals surface area (Å²) in [6.45, 7) is 0. The van der Waals surface area contributed by atoms with Crippen molar-refractivity contribution in [2.75, 3.05) is 0 Å². The Morgan fingerprint density at radius 2 is 1.13 bits per heavy atom. The number of pyridine rings is 1. The molecule has 0 saturated carbocycles. The van der Waals surface area contributed by atoms with Crippen LogP contribution in [0.15, 0.2) is 158 Å². The Balaban J connectivity index is 1.24. The molecule has 3 heterocycles. The summed E-state index contributed by atoms with van der Waals surface area (Å²) in [6.07, 6.45) is 1.85. The molecule has 214 valence electrons. The monoisotopic (exact) mass is 586 g/mol. The summed E-state index contributed by atoms with van der Waals surface area (Å²) >= 11 is 0. The van der Waals surface area contributed by atoms with Crippen LogP contribution in [0, 0.1) is 11.3 Å². The molecule has 46 heavy (non-hydrogen) atoms. The molecule has 0 radical (unpaired) electrons. The highest BCUT2D eigenvalue weighted by molar-refractivity contribution is 6.12. The zero-order chi connectivity index (χ0) is 30.6. The highest BCUT2D eigenvalue weighted by Gasteiger charge is 2.18. The van der Waals surface area contributed by atoms with Crippen molar-refractivity contribution in [3.63, 3.8) is 0 Å². The van der Waals surface area contributed by atoms with Crippen LogP contribution in [0.4, 0.5) is 0 Å². The zero-order valence-corrected chi connectivity index (χ0v) is 24.8. The van der Waals surface area contributed by atoms with Gasteiger partial charge in [-0.25, -0.2) is 0 Å². The minimum absolute atomic E-state index is 0.644. The number of aromatic nitrogens is 3. The molecule has 0 spiro atoms. The Bertz CT molecular complexity index is 2630. The van der Waals surface area contributed by atoms with E-state index in [4.69, 9.17) is 4.98 Å². The number of benzene rings is 6. The lowest BCUT2D eigenvalue weighted by Gasteiger charge is -2.14. The average Bonchev–Trinajstić information content (AvgIpc) is 3.64. The van der Waals surface area contributed by atoms with E-state index >= 15 is 0 Å². The molecule has 0 amide bonds. The fraction of sp³-hybridized carbons (Fsp3) is 0. The highest BCUT2D eigenvalue weighted by Crippen LogP contribution is 2.39. The topological polar surface area (TPSA) is 46.5 Å². The molecule has 3 aromatic heterocycles. The second-order valence-corrected chi connectivity index (χ2v) is 11.6. The van der Waals surface area contributed by atoms with E-state index in [9.17, 15) is 5.26 Å². The van der Waals surface area contributed by atoms with Crippen molar-refractivity contribution in [3.8, 4) is 39.7 Å². The molecule has 0 N–H and O–H groups in total. The maximum Gasteiger partial charge on any atom is 0.0991 e. The first kappa shape index (κ1) is 26.0. The summed E-state index contributed by atoms with van der Waals surface area (Å²) in [5.74, 6) is 0. The van der Waals surface area contributed by atoms with Crippen LogP contribution < -0.4 is 0 Å². The molecule has 0 aliphatic carbocycles. The zero-order valence-electron chi connectivity index (χ0n) is 24.8. The van der Waals surface area contributed by atoms with Gasteiger partial charge in [0, 0.05) is 33.6 Å². The molecule has 0 saturated heterocycles. The number of nitrogens with zero attached hydrogens (tertiary/aromatic N) is 4. The van der Waals surface area contributed by atoms with Gasteiger partial charge in [0.2, 0.25) is 0 Å². The van der Waals surface area contributed by atoms with Crippen LogP contribution >= 0.6 is 0 Å². The molecule has 0 aliphatic rings. The van der Waals surface area contributed by atoms with Gasteiger partial charge in [-0.05, 0) is 89.5 Å². The summed E-state index contributed by atoms with van der Waals surface area (Å²) in [4.78, 5) is 4.81. The molecule has 0 aliphatic heterocycles. The second kappa shape index (κ2) is 10.3. The lowest BCUT2D eigenvalue weighted by Crippen LogP contribution is -1.97. The molecular weight excluding hydrogens is 560 g/mol. The number of fused-ring (bicyclic) bond motifs is 6. The van der Waals surface area contributed by atoms with Gasteiger partial charge in [0.25, 0.3) is 0 Å². The Morgan fingerprint density at radius 3 is 1.93 bits per heavy atom. The fourth-order valence-corrected chi connectivity index (χ4v) is 6.92. The largest absolute Gasteiger partial charge is 0.309 e. The average molecular weight is 587 g/mol. The molecule has 9 aromatic rings. The van der Waals surface area contributed by atoms with Crippen LogP contribution in [0.5, 0.6) is 0 Å². The van der Waals surface area contributed by atoms with Gasteiger partial charge in [-0.1, -0.05) is 78.9 Å². The van der Waals surface area contributed by atoms with E-state index in [0.717, 1.165) is 44.4 Å². The number of hydrogen-bond acceptors (Lipinski definition) is 2.